The molecule has 0 saturated carbocycles. The summed E-state index contributed by atoms with van der Waals surface area (Å²) in [7, 11) is 0. The molecular formula is C16H18N2O2. The zero-order valence-electron chi connectivity index (χ0n) is 11.7. The first-order valence-corrected chi connectivity index (χ1v) is 6.55. The van der Waals surface area contributed by atoms with Crippen LogP contribution in [0, 0.1) is 13.8 Å². The second-order valence-corrected chi connectivity index (χ2v) is 4.66. The lowest BCUT2D eigenvalue weighted by molar-refractivity contribution is -0.116. The number of ether oxygens (including phenoxy) is 1. The highest BCUT2D eigenvalue weighted by Crippen LogP contribution is 2.18. The molecule has 0 fully saturated rings. The highest BCUT2D eigenvalue weighted by Gasteiger charge is 2.04. The van der Waals surface area contributed by atoms with Crippen molar-refractivity contribution in [3.63, 3.8) is 0 Å². The van der Waals surface area contributed by atoms with Gasteiger partial charge >= 0.3 is 0 Å². The Morgan fingerprint density at radius 1 is 1.30 bits per heavy atom. The summed E-state index contributed by atoms with van der Waals surface area (Å²) in [5.74, 6) is 0.743. The minimum atomic E-state index is -0.0808. The molecule has 0 saturated heterocycles. The van der Waals surface area contributed by atoms with Crippen molar-refractivity contribution in [3.8, 4) is 5.75 Å². The van der Waals surface area contributed by atoms with Crippen LogP contribution >= 0.6 is 0 Å². The van der Waals surface area contributed by atoms with E-state index < -0.39 is 0 Å². The fraction of sp³-hybridized carbons (Fsp3) is 0.250. The van der Waals surface area contributed by atoms with Crippen LogP contribution < -0.4 is 10.1 Å². The van der Waals surface area contributed by atoms with Crippen molar-refractivity contribution in [2.24, 2.45) is 0 Å². The Labute approximate surface area is 118 Å². The van der Waals surface area contributed by atoms with E-state index in [-0.39, 0.29) is 5.91 Å². The van der Waals surface area contributed by atoms with E-state index in [1.165, 1.54) is 5.56 Å². The maximum Gasteiger partial charge on any atom is 0.227 e. The molecule has 0 radical (unpaired) electrons. The summed E-state index contributed by atoms with van der Waals surface area (Å²) < 4.78 is 5.62. The van der Waals surface area contributed by atoms with E-state index in [2.05, 4.69) is 16.4 Å². The number of aromatic nitrogens is 1. The van der Waals surface area contributed by atoms with Crippen LogP contribution in [0.3, 0.4) is 0 Å². The molecule has 0 aliphatic rings. The summed E-state index contributed by atoms with van der Waals surface area (Å²) in [4.78, 5) is 15.7. The van der Waals surface area contributed by atoms with Gasteiger partial charge in [0.15, 0.2) is 0 Å². The fourth-order valence-corrected chi connectivity index (χ4v) is 1.88. The molecule has 2 rings (SSSR count). The summed E-state index contributed by atoms with van der Waals surface area (Å²) in [5, 5.41) is 2.77. The average molecular weight is 270 g/mol. The van der Waals surface area contributed by atoms with Crippen molar-refractivity contribution >= 4 is 11.6 Å². The Morgan fingerprint density at radius 2 is 2.15 bits per heavy atom. The van der Waals surface area contributed by atoms with Gasteiger partial charge in [-0.2, -0.15) is 0 Å². The molecule has 1 aromatic carbocycles. The fourth-order valence-electron chi connectivity index (χ4n) is 1.88. The van der Waals surface area contributed by atoms with Gasteiger partial charge in [-0.3, -0.25) is 9.78 Å². The molecule has 0 bridgehead atoms. The molecule has 104 valence electrons. The normalized spacial score (nSPS) is 10.1. The highest BCUT2D eigenvalue weighted by molar-refractivity contribution is 5.90. The molecule has 1 N–H and O–H groups in total. The molecular weight excluding hydrogens is 252 g/mol. The SMILES string of the molecule is Cc1ccc(OCCC(=O)Nc2cccnc2)c(C)c1. The molecule has 4 nitrogen and oxygen atoms in total. The Balaban J connectivity index is 1.79. The van der Waals surface area contributed by atoms with Crippen LogP contribution in [0.5, 0.6) is 5.75 Å². The van der Waals surface area contributed by atoms with E-state index >= 15 is 0 Å². The van der Waals surface area contributed by atoms with Gasteiger partial charge in [0, 0.05) is 6.20 Å². The highest BCUT2D eigenvalue weighted by atomic mass is 16.5. The lowest BCUT2D eigenvalue weighted by Crippen LogP contribution is -2.15. The number of rotatable bonds is 5. The van der Waals surface area contributed by atoms with Gasteiger partial charge in [0.25, 0.3) is 0 Å². The molecule has 0 aliphatic heterocycles. The van der Waals surface area contributed by atoms with E-state index in [1.54, 1.807) is 24.5 Å². The third-order valence-corrected chi connectivity index (χ3v) is 2.86. The number of hydrogen-bond donors (Lipinski definition) is 1. The summed E-state index contributed by atoms with van der Waals surface area (Å²) in [6.07, 6.45) is 3.59. The second-order valence-electron chi connectivity index (χ2n) is 4.66. The number of nitrogens with one attached hydrogen (secondary N) is 1. The van der Waals surface area contributed by atoms with Gasteiger partial charge in [0.05, 0.1) is 24.9 Å². The third kappa shape index (κ3) is 4.09. The summed E-state index contributed by atoms with van der Waals surface area (Å²) in [5.41, 5.74) is 2.98. The Morgan fingerprint density at radius 3 is 2.85 bits per heavy atom. The van der Waals surface area contributed by atoms with E-state index in [1.807, 2.05) is 26.0 Å². The number of anilines is 1. The van der Waals surface area contributed by atoms with Gasteiger partial charge in [0.1, 0.15) is 5.75 Å². The minimum absolute atomic E-state index is 0.0808. The maximum absolute atomic E-state index is 11.7. The standard InChI is InChI=1S/C16H18N2O2/c1-12-5-6-15(13(2)10-12)20-9-7-16(19)18-14-4-3-8-17-11-14/h3-6,8,10-11H,7,9H2,1-2H3,(H,18,19). The number of hydrogen-bond acceptors (Lipinski definition) is 3. The van der Waals surface area contributed by atoms with E-state index in [0.717, 1.165) is 11.3 Å². The first-order valence-electron chi connectivity index (χ1n) is 6.55. The third-order valence-electron chi connectivity index (χ3n) is 2.86. The van der Waals surface area contributed by atoms with E-state index in [9.17, 15) is 4.79 Å². The quantitative estimate of drug-likeness (QED) is 0.908. The van der Waals surface area contributed by atoms with Crippen LogP contribution in [0.2, 0.25) is 0 Å². The predicted octanol–water partition coefficient (Wildman–Crippen LogP) is 3.11. The molecule has 0 aliphatic carbocycles. The Hall–Kier alpha value is -2.36. The largest absolute Gasteiger partial charge is 0.493 e. The zero-order valence-corrected chi connectivity index (χ0v) is 11.7. The van der Waals surface area contributed by atoms with Crippen molar-refractivity contribution in [1.82, 2.24) is 4.98 Å². The molecule has 0 atom stereocenters. The summed E-state index contributed by atoms with van der Waals surface area (Å²) >= 11 is 0. The number of pyridine rings is 1. The zero-order chi connectivity index (χ0) is 14.4. The molecule has 2 aromatic rings. The van der Waals surface area contributed by atoms with Crippen LogP contribution in [0.4, 0.5) is 5.69 Å². The van der Waals surface area contributed by atoms with Crippen LogP contribution in [0.25, 0.3) is 0 Å². The van der Waals surface area contributed by atoms with Crippen molar-refractivity contribution in [2.75, 3.05) is 11.9 Å². The number of carbonyl (C=O) groups excluding carboxylic acids is 1. The first-order chi connectivity index (χ1) is 9.65. The number of carbonyl (C=O) groups is 1. The average Bonchev–Trinajstić information content (AvgIpc) is 2.42. The van der Waals surface area contributed by atoms with Gasteiger partial charge in [-0.15, -0.1) is 0 Å². The smallest absolute Gasteiger partial charge is 0.227 e. The lowest BCUT2D eigenvalue weighted by Gasteiger charge is -2.10. The molecule has 1 heterocycles. The van der Waals surface area contributed by atoms with Gasteiger partial charge < -0.3 is 10.1 Å². The lowest BCUT2D eigenvalue weighted by atomic mass is 10.1. The molecule has 0 spiro atoms. The van der Waals surface area contributed by atoms with E-state index in [4.69, 9.17) is 4.74 Å². The second kappa shape index (κ2) is 6.70. The van der Waals surface area contributed by atoms with Crippen LogP contribution in [-0.4, -0.2) is 17.5 Å². The van der Waals surface area contributed by atoms with Crippen molar-refractivity contribution in [1.29, 1.82) is 0 Å². The monoisotopic (exact) mass is 270 g/mol. The first kappa shape index (κ1) is 14.1. The van der Waals surface area contributed by atoms with Crippen LogP contribution in [0.15, 0.2) is 42.7 Å². The summed E-state index contributed by atoms with van der Waals surface area (Å²) in [6, 6.07) is 9.57. The van der Waals surface area contributed by atoms with Gasteiger partial charge in [-0.25, -0.2) is 0 Å². The van der Waals surface area contributed by atoms with E-state index in [0.29, 0.717) is 18.7 Å². The topological polar surface area (TPSA) is 51.2 Å². The van der Waals surface area contributed by atoms with Crippen LogP contribution in [0.1, 0.15) is 17.5 Å². The van der Waals surface area contributed by atoms with Crippen LogP contribution in [-0.2, 0) is 4.79 Å². The Bertz CT molecular complexity index is 582. The van der Waals surface area contributed by atoms with Crippen molar-refractivity contribution in [3.05, 3.63) is 53.9 Å². The summed E-state index contributed by atoms with van der Waals surface area (Å²) in [6.45, 7) is 4.40. The van der Waals surface area contributed by atoms with Gasteiger partial charge in [-0.05, 0) is 37.6 Å². The molecule has 1 amide bonds. The number of benzene rings is 1. The van der Waals surface area contributed by atoms with Crippen molar-refractivity contribution in [2.45, 2.75) is 20.3 Å². The number of aryl methyl sites for hydroxylation is 2. The van der Waals surface area contributed by atoms with Crippen molar-refractivity contribution < 1.29 is 9.53 Å². The molecule has 20 heavy (non-hydrogen) atoms. The molecule has 0 unspecified atom stereocenters. The van der Waals surface area contributed by atoms with Gasteiger partial charge in [0.2, 0.25) is 5.91 Å². The molecule has 4 heteroatoms. The number of nitrogens with zero attached hydrogens (tertiary/aromatic N) is 1. The van der Waals surface area contributed by atoms with Gasteiger partial charge in [-0.1, -0.05) is 17.7 Å². The maximum atomic E-state index is 11.7. The molecule has 1 aromatic heterocycles. The number of amides is 1. The minimum Gasteiger partial charge on any atom is -0.493 e. The predicted molar refractivity (Wildman–Crippen MR) is 78.9 cm³/mol. The Kier molecular flexibility index (Phi) is 4.71.